The van der Waals surface area contributed by atoms with Gasteiger partial charge in [-0.2, -0.15) is 0 Å². The molecule has 1 aromatic carbocycles. The Bertz CT molecular complexity index is 484. The summed E-state index contributed by atoms with van der Waals surface area (Å²) in [6.45, 7) is 0.662. The number of carbonyl (C=O) groups excluding carboxylic acids is 1. The smallest absolute Gasteiger partial charge is 0.234 e. The van der Waals surface area contributed by atoms with Crippen molar-refractivity contribution in [2.24, 2.45) is 5.73 Å². The van der Waals surface area contributed by atoms with Gasteiger partial charge in [0.25, 0.3) is 0 Å². The Morgan fingerprint density at radius 1 is 1.63 bits per heavy atom. The lowest BCUT2D eigenvalue weighted by atomic mass is 10.1. The van der Waals surface area contributed by atoms with Crippen LogP contribution in [0, 0.1) is 0 Å². The molecule has 0 bridgehead atoms. The number of carbonyl (C=O) groups is 1. The molecule has 1 amide bonds. The molecule has 1 saturated heterocycles. The minimum absolute atomic E-state index is 0.166. The first-order chi connectivity index (χ1) is 9.01. The number of nitrogens with two attached hydrogens (primary N) is 1. The molecule has 1 aliphatic rings. The van der Waals surface area contributed by atoms with E-state index in [4.69, 9.17) is 22.1 Å². The maximum Gasteiger partial charge on any atom is 0.234 e. The van der Waals surface area contributed by atoms with Gasteiger partial charge in [-0.3, -0.25) is 9.69 Å². The molecule has 0 aromatic heterocycles. The minimum atomic E-state index is -1.01. The van der Waals surface area contributed by atoms with Crippen LogP contribution in [0.15, 0.2) is 18.2 Å². The molecule has 4 nitrogen and oxygen atoms in total. The topological polar surface area (TPSA) is 55.6 Å². The summed E-state index contributed by atoms with van der Waals surface area (Å²) in [5.74, 6) is 0.0985. The van der Waals surface area contributed by atoms with Crippen LogP contribution >= 0.6 is 11.6 Å². The quantitative estimate of drug-likeness (QED) is 0.917. The van der Waals surface area contributed by atoms with Gasteiger partial charge in [-0.25, -0.2) is 4.39 Å². The van der Waals surface area contributed by atoms with Gasteiger partial charge in [0.05, 0.1) is 18.2 Å². The number of ether oxygens (including phenoxy) is 1. The molecule has 0 aliphatic carbocycles. The molecule has 2 N–H and O–H groups in total. The monoisotopic (exact) mass is 286 g/mol. The fraction of sp³-hybridized carbons (Fsp3) is 0.462. The van der Waals surface area contributed by atoms with Crippen LogP contribution in [0.1, 0.15) is 12.0 Å². The summed E-state index contributed by atoms with van der Waals surface area (Å²) >= 11 is 6.03. The van der Waals surface area contributed by atoms with Crippen molar-refractivity contribution in [3.05, 3.63) is 28.8 Å². The highest BCUT2D eigenvalue weighted by atomic mass is 35.5. The lowest BCUT2D eigenvalue weighted by molar-refractivity contribution is -0.122. The van der Waals surface area contributed by atoms with E-state index < -0.39 is 18.1 Å². The average Bonchev–Trinajstić information content (AvgIpc) is 2.70. The molecule has 6 heteroatoms. The fourth-order valence-electron chi connectivity index (χ4n) is 2.36. The number of methoxy groups -OCH3 is 1. The summed E-state index contributed by atoms with van der Waals surface area (Å²) in [5.41, 5.74) is 6.18. The number of halogens is 2. The molecule has 2 atom stereocenters. The van der Waals surface area contributed by atoms with Crippen molar-refractivity contribution < 1.29 is 13.9 Å². The summed E-state index contributed by atoms with van der Waals surface area (Å²) < 4.78 is 18.5. The Hall–Kier alpha value is -1.33. The lowest BCUT2D eigenvalue weighted by Crippen LogP contribution is -2.39. The molecule has 1 aromatic rings. The highest BCUT2D eigenvalue weighted by Gasteiger charge is 2.35. The van der Waals surface area contributed by atoms with E-state index in [1.807, 2.05) is 6.07 Å². The SMILES string of the molecule is COc1ccc(CN2C[C@H](F)C[C@H]2C(N)=O)cc1Cl. The van der Waals surface area contributed by atoms with Crippen molar-refractivity contribution in [2.45, 2.75) is 25.2 Å². The Kier molecular flexibility index (Phi) is 4.27. The number of benzene rings is 1. The molecule has 104 valence electrons. The van der Waals surface area contributed by atoms with E-state index >= 15 is 0 Å². The fourth-order valence-corrected chi connectivity index (χ4v) is 2.64. The average molecular weight is 287 g/mol. The number of primary amides is 1. The minimum Gasteiger partial charge on any atom is -0.495 e. The standard InChI is InChI=1S/C13H16ClFN2O2/c1-19-12-3-2-8(4-10(12)14)6-17-7-9(15)5-11(17)13(16)18/h2-4,9,11H,5-7H2,1H3,(H2,16,18)/t9-,11+/m1/s1. The van der Waals surface area contributed by atoms with Crippen LogP contribution in [-0.2, 0) is 11.3 Å². The maximum absolute atomic E-state index is 13.4. The third kappa shape index (κ3) is 3.16. The van der Waals surface area contributed by atoms with Gasteiger partial charge in [-0.1, -0.05) is 17.7 Å². The first-order valence-electron chi connectivity index (χ1n) is 6.01. The van der Waals surface area contributed by atoms with Gasteiger partial charge in [0.1, 0.15) is 11.9 Å². The molecule has 0 unspecified atom stereocenters. The maximum atomic E-state index is 13.4. The number of rotatable bonds is 4. The van der Waals surface area contributed by atoms with Gasteiger partial charge in [0.15, 0.2) is 0 Å². The van der Waals surface area contributed by atoms with Crippen LogP contribution in [0.2, 0.25) is 5.02 Å². The molecule has 0 radical (unpaired) electrons. The van der Waals surface area contributed by atoms with Gasteiger partial charge >= 0.3 is 0 Å². The number of likely N-dealkylation sites (tertiary alicyclic amines) is 1. The molecule has 0 spiro atoms. The Balaban J connectivity index is 2.12. The number of hydrogen-bond acceptors (Lipinski definition) is 3. The molecular formula is C13H16ClFN2O2. The summed E-state index contributed by atoms with van der Waals surface area (Å²) in [4.78, 5) is 13.0. The third-order valence-electron chi connectivity index (χ3n) is 3.28. The van der Waals surface area contributed by atoms with Gasteiger partial charge in [0, 0.05) is 19.5 Å². The second-order valence-electron chi connectivity index (χ2n) is 4.65. The van der Waals surface area contributed by atoms with E-state index in [1.165, 1.54) is 7.11 Å². The van der Waals surface area contributed by atoms with Crippen LogP contribution in [0.5, 0.6) is 5.75 Å². The highest BCUT2D eigenvalue weighted by Crippen LogP contribution is 2.27. The Labute approximate surface area is 116 Å². The molecule has 0 saturated carbocycles. The van der Waals surface area contributed by atoms with E-state index in [9.17, 15) is 9.18 Å². The summed E-state index contributed by atoms with van der Waals surface area (Å²) in [7, 11) is 1.54. The van der Waals surface area contributed by atoms with Crippen molar-refractivity contribution in [1.29, 1.82) is 0 Å². The van der Waals surface area contributed by atoms with Crippen molar-refractivity contribution in [2.75, 3.05) is 13.7 Å². The first-order valence-corrected chi connectivity index (χ1v) is 6.39. The Morgan fingerprint density at radius 2 is 2.37 bits per heavy atom. The van der Waals surface area contributed by atoms with Gasteiger partial charge < -0.3 is 10.5 Å². The van der Waals surface area contributed by atoms with Crippen LogP contribution in [0.4, 0.5) is 4.39 Å². The molecule has 19 heavy (non-hydrogen) atoms. The van der Waals surface area contributed by atoms with Gasteiger partial charge in [0.2, 0.25) is 5.91 Å². The summed E-state index contributed by atoms with van der Waals surface area (Å²) in [5, 5.41) is 0.492. The molecule has 2 rings (SSSR count). The van der Waals surface area contributed by atoms with Crippen molar-refractivity contribution in [1.82, 2.24) is 4.90 Å². The van der Waals surface area contributed by atoms with E-state index in [0.717, 1.165) is 5.56 Å². The lowest BCUT2D eigenvalue weighted by Gasteiger charge is -2.21. The van der Waals surface area contributed by atoms with Crippen molar-refractivity contribution >= 4 is 17.5 Å². The normalized spacial score (nSPS) is 23.5. The van der Waals surface area contributed by atoms with E-state index in [1.54, 1.807) is 17.0 Å². The van der Waals surface area contributed by atoms with Crippen LogP contribution < -0.4 is 10.5 Å². The zero-order valence-electron chi connectivity index (χ0n) is 10.6. The van der Waals surface area contributed by atoms with Gasteiger partial charge in [-0.15, -0.1) is 0 Å². The van der Waals surface area contributed by atoms with Crippen molar-refractivity contribution in [3.8, 4) is 5.75 Å². The molecular weight excluding hydrogens is 271 g/mol. The van der Waals surface area contributed by atoms with Crippen LogP contribution in [-0.4, -0.2) is 36.7 Å². The predicted octanol–water partition coefficient (Wildman–Crippen LogP) is 1.75. The second kappa shape index (κ2) is 5.75. The number of hydrogen-bond donors (Lipinski definition) is 1. The van der Waals surface area contributed by atoms with E-state index in [-0.39, 0.29) is 13.0 Å². The van der Waals surface area contributed by atoms with Crippen molar-refractivity contribution in [3.63, 3.8) is 0 Å². The largest absolute Gasteiger partial charge is 0.495 e. The molecule has 1 fully saturated rings. The zero-order valence-corrected chi connectivity index (χ0v) is 11.4. The first kappa shape index (κ1) is 14.1. The molecule has 1 heterocycles. The van der Waals surface area contributed by atoms with E-state index in [0.29, 0.717) is 17.3 Å². The number of amides is 1. The van der Waals surface area contributed by atoms with Crippen LogP contribution in [0.3, 0.4) is 0 Å². The number of alkyl halides is 1. The second-order valence-corrected chi connectivity index (χ2v) is 5.06. The van der Waals surface area contributed by atoms with Crippen LogP contribution in [0.25, 0.3) is 0 Å². The van der Waals surface area contributed by atoms with Gasteiger partial charge in [-0.05, 0) is 17.7 Å². The predicted molar refractivity (Wildman–Crippen MR) is 70.9 cm³/mol. The Morgan fingerprint density at radius 3 is 2.95 bits per heavy atom. The summed E-state index contributed by atoms with van der Waals surface area (Å²) in [6, 6.07) is 4.80. The molecule has 1 aliphatic heterocycles. The zero-order chi connectivity index (χ0) is 14.0. The highest BCUT2D eigenvalue weighted by molar-refractivity contribution is 6.32. The van der Waals surface area contributed by atoms with E-state index in [2.05, 4.69) is 0 Å². The number of nitrogens with zero attached hydrogens (tertiary/aromatic N) is 1. The summed E-state index contributed by atoms with van der Waals surface area (Å²) in [6.07, 6.45) is -0.842. The third-order valence-corrected chi connectivity index (χ3v) is 3.58.